The number of thiazole rings is 1. The summed E-state index contributed by atoms with van der Waals surface area (Å²) in [6.45, 7) is 10.00. The fourth-order valence-corrected chi connectivity index (χ4v) is 3.75. The molecular weight excluding hydrogens is 356 g/mol. The highest BCUT2D eigenvalue weighted by atomic mass is 32.1. The van der Waals surface area contributed by atoms with E-state index in [-0.39, 0.29) is 5.91 Å². The van der Waals surface area contributed by atoms with Crippen molar-refractivity contribution in [1.29, 1.82) is 0 Å². The number of rotatable bonds is 5. The third-order valence-corrected chi connectivity index (χ3v) is 5.69. The number of nitrogens with one attached hydrogen (secondary N) is 2. The molecule has 5 nitrogen and oxygen atoms in total. The lowest BCUT2D eigenvalue weighted by molar-refractivity contribution is 0.102. The average molecular weight is 381 g/mol. The summed E-state index contributed by atoms with van der Waals surface area (Å²) in [6, 6.07) is 9.61. The van der Waals surface area contributed by atoms with Crippen LogP contribution >= 0.6 is 11.3 Å². The van der Waals surface area contributed by atoms with Crippen LogP contribution in [0.5, 0.6) is 0 Å². The van der Waals surface area contributed by atoms with Crippen LogP contribution in [0, 0.1) is 20.8 Å². The minimum absolute atomic E-state index is 0.0929. The van der Waals surface area contributed by atoms with E-state index in [1.165, 1.54) is 0 Å². The molecule has 3 rings (SSSR count). The van der Waals surface area contributed by atoms with Gasteiger partial charge in [0, 0.05) is 17.0 Å². The third-order valence-electron chi connectivity index (χ3n) is 4.60. The quantitative estimate of drug-likeness (QED) is 0.442. The predicted octanol–water partition coefficient (Wildman–Crippen LogP) is 5.67. The van der Waals surface area contributed by atoms with Crippen molar-refractivity contribution in [3.63, 3.8) is 0 Å². The van der Waals surface area contributed by atoms with Gasteiger partial charge in [0.15, 0.2) is 0 Å². The molecule has 140 valence electrons. The van der Waals surface area contributed by atoms with Crippen LogP contribution in [0.1, 0.15) is 47.3 Å². The molecule has 0 aliphatic rings. The van der Waals surface area contributed by atoms with Crippen molar-refractivity contribution in [3.8, 4) is 0 Å². The Morgan fingerprint density at radius 3 is 2.63 bits per heavy atom. The molecule has 3 aromatic rings. The normalized spacial score (nSPS) is 11.7. The lowest BCUT2D eigenvalue weighted by Gasteiger charge is -2.13. The molecule has 1 heterocycles. The number of aryl methyl sites for hydroxylation is 3. The van der Waals surface area contributed by atoms with E-state index in [0.29, 0.717) is 5.56 Å². The van der Waals surface area contributed by atoms with Crippen molar-refractivity contribution in [3.05, 3.63) is 52.6 Å². The number of carbonyl (C=O) groups is 1. The maximum Gasteiger partial charge on any atom is 0.255 e. The first-order chi connectivity index (χ1) is 12.9. The molecule has 1 amide bonds. The van der Waals surface area contributed by atoms with Gasteiger partial charge in [-0.15, -0.1) is 0 Å². The number of carbonyl (C=O) groups excluding carboxylic acids is 1. The zero-order chi connectivity index (χ0) is 19.6. The topological polar surface area (TPSA) is 66.4 Å². The molecule has 0 spiro atoms. The minimum Gasteiger partial charge on any atom is -0.321 e. The largest absolute Gasteiger partial charge is 0.321 e. The smallest absolute Gasteiger partial charge is 0.255 e. The summed E-state index contributed by atoms with van der Waals surface area (Å²) in [6.07, 6.45) is 0.894. The van der Waals surface area contributed by atoms with E-state index >= 15 is 0 Å². The molecule has 0 aliphatic heterocycles. The summed E-state index contributed by atoms with van der Waals surface area (Å²) in [4.78, 5) is 17.4. The van der Waals surface area contributed by atoms with Crippen LogP contribution in [-0.2, 0) is 0 Å². The van der Waals surface area contributed by atoms with E-state index in [9.17, 15) is 4.79 Å². The van der Waals surface area contributed by atoms with Crippen molar-refractivity contribution < 1.29 is 4.79 Å². The van der Waals surface area contributed by atoms with Crippen LogP contribution in [0.15, 0.2) is 35.4 Å². The fourth-order valence-electron chi connectivity index (χ4n) is 2.86. The maximum atomic E-state index is 12.7. The zero-order valence-electron chi connectivity index (χ0n) is 16.3. The highest BCUT2D eigenvalue weighted by Crippen LogP contribution is 2.35. The van der Waals surface area contributed by atoms with Crippen LogP contribution in [0.25, 0.3) is 10.2 Å². The summed E-state index contributed by atoms with van der Waals surface area (Å²) in [5.41, 5.74) is 9.47. The molecule has 1 aromatic heterocycles. The number of nitrogens with zero attached hydrogens (tertiary/aromatic N) is 2. The first-order valence-corrected chi connectivity index (χ1v) is 9.79. The van der Waals surface area contributed by atoms with E-state index in [4.69, 9.17) is 0 Å². The van der Waals surface area contributed by atoms with Gasteiger partial charge in [-0.25, -0.2) is 4.98 Å². The molecular formula is C21H24N4OS. The highest BCUT2D eigenvalue weighted by Gasteiger charge is 2.16. The van der Waals surface area contributed by atoms with Gasteiger partial charge in [0.2, 0.25) is 5.13 Å². The Morgan fingerprint density at radius 1 is 1.19 bits per heavy atom. The van der Waals surface area contributed by atoms with Crippen molar-refractivity contribution >= 4 is 44.0 Å². The minimum atomic E-state index is -0.0929. The highest BCUT2D eigenvalue weighted by molar-refractivity contribution is 7.22. The molecule has 2 aromatic carbocycles. The lowest BCUT2D eigenvalue weighted by atomic mass is 10.1. The first kappa shape index (κ1) is 19.0. The Labute approximate surface area is 163 Å². The molecule has 0 fully saturated rings. The van der Waals surface area contributed by atoms with Crippen molar-refractivity contribution in [2.24, 2.45) is 5.10 Å². The molecule has 27 heavy (non-hydrogen) atoms. The number of amides is 1. The van der Waals surface area contributed by atoms with Crippen LogP contribution in [0.2, 0.25) is 0 Å². The SMILES string of the molecule is CC/C(C)=N\Nc1nc2cc(C)c(NC(=O)c3ccccc3C)c(C)c2s1. The third kappa shape index (κ3) is 4.01. The Kier molecular flexibility index (Phi) is 5.56. The monoisotopic (exact) mass is 380 g/mol. The van der Waals surface area contributed by atoms with E-state index in [1.54, 1.807) is 11.3 Å². The molecule has 0 radical (unpaired) electrons. The Balaban J connectivity index is 1.94. The Morgan fingerprint density at radius 2 is 1.93 bits per heavy atom. The second kappa shape index (κ2) is 7.88. The lowest BCUT2D eigenvalue weighted by Crippen LogP contribution is -2.15. The molecule has 2 N–H and O–H groups in total. The number of anilines is 2. The second-order valence-corrected chi connectivity index (χ2v) is 7.64. The number of hydrogen-bond donors (Lipinski definition) is 2. The van der Waals surface area contributed by atoms with Crippen LogP contribution in [-0.4, -0.2) is 16.6 Å². The van der Waals surface area contributed by atoms with E-state index in [0.717, 1.165) is 49.9 Å². The summed E-state index contributed by atoms with van der Waals surface area (Å²) in [5.74, 6) is -0.0929. The summed E-state index contributed by atoms with van der Waals surface area (Å²) in [7, 11) is 0. The number of hydrogen-bond acceptors (Lipinski definition) is 5. The Hall–Kier alpha value is -2.73. The van der Waals surface area contributed by atoms with Gasteiger partial charge in [-0.05, 0) is 62.9 Å². The number of benzene rings is 2. The number of aromatic nitrogens is 1. The van der Waals surface area contributed by atoms with Gasteiger partial charge in [-0.3, -0.25) is 10.2 Å². The van der Waals surface area contributed by atoms with Crippen molar-refractivity contribution in [2.75, 3.05) is 10.7 Å². The molecule has 6 heteroatoms. The Bertz CT molecular complexity index is 1040. The van der Waals surface area contributed by atoms with Crippen molar-refractivity contribution in [2.45, 2.75) is 41.0 Å². The van der Waals surface area contributed by atoms with Crippen molar-refractivity contribution in [1.82, 2.24) is 4.98 Å². The maximum absolute atomic E-state index is 12.7. The van der Waals surface area contributed by atoms with Gasteiger partial charge in [0.25, 0.3) is 5.91 Å². The first-order valence-electron chi connectivity index (χ1n) is 8.97. The fraction of sp³-hybridized carbons (Fsp3) is 0.286. The van der Waals surface area contributed by atoms with Gasteiger partial charge in [0.1, 0.15) is 0 Å². The number of fused-ring (bicyclic) bond motifs is 1. The second-order valence-electron chi connectivity index (χ2n) is 6.64. The van der Waals surface area contributed by atoms with E-state index in [1.807, 2.05) is 58.0 Å². The predicted molar refractivity (Wildman–Crippen MR) is 115 cm³/mol. The van der Waals surface area contributed by atoms with Gasteiger partial charge >= 0.3 is 0 Å². The average Bonchev–Trinajstić information content (AvgIpc) is 3.06. The molecule has 0 bridgehead atoms. The molecule has 0 unspecified atom stereocenters. The van der Waals surface area contributed by atoms with Crippen LogP contribution < -0.4 is 10.7 Å². The van der Waals surface area contributed by atoms with Crippen LogP contribution in [0.4, 0.5) is 10.8 Å². The van der Waals surface area contributed by atoms with E-state index < -0.39 is 0 Å². The number of hydrazone groups is 1. The summed E-state index contributed by atoms with van der Waals surface area (Å²) >= 11 is 1.54. The molecule has 0 saturated carbocycles. The molecule has 0 aliphatic carbocycles. The molecule has 0 saturated heterocycles. The van der Waals surface area contributed by atoms with Gasteiger partial charge in [-0.2, -0.15) is 5.10 Å². The van der Waals surface area contributed by atoms with E-state index in [2.05, 4.69) is 27.8 Å². The molecule has 0 atom stereocenters. The van der Waals surface area contributed by atoms with Gasteiger partial charge in [0.05, 0.1) is 10.2 Å². The summed E-state index contributed by atoms with van der Waals surface area (Å²) < 4.78 is 1.05. The van der Waals surface area contributed by atoms with Gasteiger partial charge < -0.3 is 5.32 Å². The zero-order valence-corrected chi connectivity index (χ0v) is 17.1. The van der Waals surface area contributed by atoms with Crippen LogP contribution in [0.3, 0.4) is 0 Å². The van der Waals surface area contributed by atoms with Gasteiger partial charge in [-0.1, -0.05) is 36.5 Å². The summed E-state index contributed by atoms with van der Waals surface area (Å²) in [5, 5.41) is 8.17. The standard InChI is InChI=1S/C21H24N4OS/c1-6-14(4)24-25-21-22-17-11-13(3)18(15(5)19(17)27-21)23-20(26)16-10-8-7-9-12(16)2/h7-11H,6H2,1-5H3,(H,22,25)(H,23,26)/b24-14-.